The zero-order valence-electron chi connectivity index (χ0n) is 13.0. The van der Waals surface area contributed by atoms with Crippen LogP contribution in [0.2, 0.25) is 0 Å². The van der Waals surface area contributed by atoms with Gasteiger partial charge in [-0.05, 0) is 36.4 Å². The molecule has 0 saturated carbocycles. The molecule has 0 fully saturated rings. The van der Waals surface area contributed by atoms with Gasteiger partial charge >= 0.3 is 11.9 Å². The topological polar surface area (TPSA) is 71.1 Å². The summed E-state index contributed by atoms with van der Waals surface area (Å²) in [5.74, 6) is -0.0634. The first kappa shape index (κ1) is 16.4. The van der Waals surface area contributed by atoms with E-state index in [0.717, 1.165) is 0 Å². The van der Waals surface area contributed by atoms with Crippen molar-refractivity contribution in [3.63, 3.8) is 0 Å². The van der Waals surface area contributed by atoms with Crippen molar-refractivity contribution in [2.75, 3.05) is 21.3 Å². The lowest BCUT2D eigenvalue weighted by Crippen LogP contribution is -2.10. The van der Waals surface area contributed by atoms with E-state index >= 15 is 0 Å². The van der Waals surface area contributed by atoms with E-state index in [4.69, 9.17) is 14.2 Å². The molecule has 0 atom stereocenters. The van der Waals surface area contributed by atoms with Crippen molar-refractivity contribution in [2.45, 2.75) is 0 Å². The van der Waals surface area contributed by atoms with Crippen LogP contribution >= 0.6 is 0 Å². The fourth-order valence-electron chi connectivity index (χ4n) is 1.91. The van der Waals surface area contributed by atoms with Gasteiger partial charge in [0.2, 0.25) is 0 Å². The Bertz CT molecular complexity index is 723. The molecule has 0 amide bonds. The van der Waals surface area contributed by atoms with Gasteiger partial charge in [-0.15, -0.1) is 0 Å². The van der Waals surface area contributed by atoms with E-state index in [1.807, 2.05) is 0 Å². The molecule has 23 heavy (non-hydrogen) atoms. The van der Waals surface area contributed by atoms with Crippen LogP contribution in [0.25, 0.3) is 0 Å². The molecule has 2 aromatic carbocycles. The number of carbonyl (C=O) groups is 2. The Morgan fingerprint density at radius 1 is 0.783 bits per heavy atom. The molecule has 0 aliphatic carbocycles. The Balaban J connectivity index is 2.24. The molecule has 0 heterocycles. The van der Waals surface area contributed by atoms with E-state index in [-0.39, 0.29) is 11.5 Å². The number of benzene rings is 2. The molecule has 0 spiro atoms. The smallest absolute Gasteiger partial charge is 0.343 e. The van der Waals surface area contributed by atoms with Crippen LogP contribution in [0.15, 0.2) is 42.5 Å². The number of ether oxygens (including phenoxy) is 4. The molecule has 0 saturated heterocycles. The van der Waals surface area contributed by atoms with Crippen molar-refractivity contribution in [3.8, 4) is 17.2 Å². The van der Waals surface area contributed by atoms with Gasteiger partial charge < -0.3 is 18.9 Å². The first-order chi connectivity index (χ1) is 11.1. The number of hydrogen-bond donors (Lipinski definition) is 0. The fraction of sp³-hybridized carbons (Fsp3) is 0.176. The van der Waals surface area contributed by atoms with Crippen LogP contribution in [-0.2, 0) is 4.74 Å². The van der Waals surface area contributed by atoms with Gasteiger partial charge in [0.05, 0.1) is 32.5 Å². The average Bonchev–Trinajstić information content (AvgIpc) is 2.61. The molecular formula is C17H16O6. The zero-order valence-corrected chi connectivity index (χ0v) is 13.0. The molecular weight excluding hydrogens is 300 g/mol. The van der Waals surface area contributed by atoms with Gasteiger partial charge in [0, 0.05) is 0 Å². The largest absolute Gasteiger partial charge is 0.497 e. The van der Waals surface area contributed by atoms with E-state index in [0.29, 0.717) is 16.9 Å². The summed E-state index contributed by atoms with van der Waals surface area (Å²) in [6.07, 6.45) is 0. The molecule has 0 aromatic heterocycles. The molecule has 2 rings (SSSR count). The number of methoxy groups -OCH3 is 3. The Labute approximate surface area is 133 Å². The SMILES string of the molecule is COC(=O)c1ccc(OC(=O)c2cccc(OC)c2)c(OC)c1. The van der Waals surface area contributed by atoms with E-state index < -0.39 is 11.9 Å². The summed E-state index contributed by atoms with van der Waals surface area (Å²) in [6, 6.07) is 11.0. The highest BCUT2D eigenvalue weighted by molar-refractivity contribution is 5.93. The normalized spacial score (nSPS) is 9.87. The third kappa shape index (κ3) is 3.79. The quantitative estimate of drug-likeness (QED) is 0.624. The van der Waals surface area contributed by atoms with Crippen molar-refractivity contribution in [2.24, 2.45) is 0 Å². The summed E-state index contributed by atoms with van der Waals surface area (Å²) in [5.41, 5.74) is 0.633. The summed E-state index contributed by atoms with van der Waals surface area (Å²) in [5, 5.41) is 0. The van der Waals surface area contributed by atoms with Gasteiger partial charge in [-0.25, -0.2) is 9.59 Å². The van der Waals surface area contributed by atoms with Gasteiger partial charge in [0.1, 0.15) is 5.75 Å². The van der Waals surface area contributed by atoms with Gasteiger partial charge in [-0.3, -0.25) is 0 Å². The number of rotatable bonds is 5. The van der Waals surface area contributed by atoms with Gasteiger partial charge in [0.15, 0.2) is 11.5 Å². The van der Waals surface area contributed by atoms with Crippen LogP contribution in [0.4, 0.5) is 0 Å². The highest BCUT2D eigenvalue weighted by Crippen LogP contribution is 2.29. The van der Waals surface area contributed by atoms with Crippen molar-refractivity contribution >= 4 is 11.9 Å². The third-order valence-corrected chi connectivity index (χ3v) is 3.09. The lowest BCUT2D eigenvalue weighted by molar-refractivity contribution is 0.0600. The highest BCUT2D eigenvalue weighted by Gasteiger charge is 2.15. The van der Waals surface area contributed by atoms with Crippen molar-refractivity contribution in [1.82, 2.24) is 0 Å². The first-order valence-electron chi connectivity index (χ1n) is 6.71. The minimum Gasteiger partial charge on any atom is -0.497 e. The minimum absolute atomic E-state index is 0.202. The maximum atomic E-state index is 12.2. The van der Waals surface area contributed by atoms with Gasteiger partial charge in [0.25, 0.3) is 0 Å². The Morgan fingerprint density at radius 3 is 2.17 bits per heavy atom. The minimum atomic E-state index is -0.562. The Hall–Kier alpha value is -3.02. The second kappa shape index (κ2) is 7.31. The van der Waals surface area contributed by atoms with E-state index in [9.17, 15) is 9.59 Å². The van der Waals surface area contributed by atoms with Crippen LogP contribution in [0.1, 0.15) is 20.7 Å². The molecule has 6 heteroatoms. The summed E-state index contributed by atoms with van der Waals surface area (Å²) < 4.78 is 20.2. The van der Waals surface area contributed by atoms with Crippen LogP contribution in [0.5, 0.6) is 17.2 Å². The lowest BCUT2D eigenvalue weighted by atomic mass is 10.2. The fourth-order valence-corrected chi connectivity index (χ4v) is 1.91. The Kier molecular flexibility index (Phi) is 5.19. The van der Waals surface area contributed by atoms with E-state index in [2.05, 4.69) is 4.74 Å². The number of hydrogen-bond acceptors (Lipinski definition) is 6. The van der Waals surface area contributed by atoms with Crippen LogP contribution in [0.3, 0.4) is 0 Å². The molecule has 0 aliphatic rings. The highest BCUT2D eigenvalue weighted by atomic mass is 16.6. The zero-order chi connectivity index (χ0) is 16.8. The molecule has 0 bridgehead atoms. The number of carbonyl (C=O) groups excluding carboxylic acids is 2. The predicted molar refractivity (Wildman–Crippen MR) is 82.3 cm³/mol. The van der Waals surface area contributed by atoms with Crippen molar-refractivity contribution < 1.29 is 28.5 Å². The lowest BCUT2D eigenvalue weighted by Gasteiger charge is -2.11. The van der Waals surface area contributed by atoms with Gasteiger partial charge in [-0.2, -0.15) is 0 Å². The monoisotopic (exact) mass is 316 g/mol. The van der Waals surface area contributed by atoms with Crippen molar-refractivity contribution in [1.29, 1.82) is 0 Å². The Morgan fingerprint density at radius 2 is 1.52 bits per heavy atom. The summed E-state index contributed by atoms with van der Waals surface area (Å²) >= 11 is 0. The van der Waals surface area contributed by atoms with Crippen LogP contribution < -0.4 is 14.2 Å². The molecule has 0 aliphatic heterocycles. The maximum absolute atomic E-state index is 12.2. The second-order valence-electron chi connectivity index (χ2n) is 4.48. The van der Waals surface area contributed by atoms with Gasteiger partial charge in [-0.1, -0.05) is 6.07 Å². The van der Waals surface area contributed by atoms with Crippen molar-refractivity contribution in [3.05, 3.63) is 53.6 Å². The maximum Gasteiger partial charge on any atom is 0.343 e. The summed E-state index contributed by atoms with van der Waals surface area (Å²) in [4.78, 5) is 23.7. The first-order valence-corrected chi connectivity index (χ1v) is 6.71. The second-order valence-corrected chi connectivity index (χ2v) is 4.48. The molecule has 120 valence electrons. The van der Waals surface area contributed by atoms with Crippen LogP contribution in [0, 0.1) is 0 Å². The third-order valence-electron chi connectivity index (χ3n) is 3.09. The molecule has 0 radical (unpaired) electrons. The number of esters is 2. The van der Waals surface area contributed by atoms with Crippen LogP contribution in [-0.4, -0.2) is 33.3 Å². The molecule has 0 unspecified atom stereocenters. The standard InChI is InChI=1S/C17H16O6/c1-20-13-6-4-5-11(9-13)17(19)23-14-8-7-12(16(18)22-3)10-15(14)21-2/h4-10H,1-3H3. The average molecular weight is 316 g/mol. The van der Waals surface area contributed by atoms with E-state index in [1.165, 1.54) is 39.5 Å². The predicted octanol–water partition coefficient (Wildman–Crippen LogP) is 2.71. The molecule has 0 N–H and O–H groups in total. The van der Waals surface area contributed by atoms with E-state index in [1.54, 1.807) is 24.3 Å². The molecule has 2 aromatic rings. The summed E-state index contributed by atoms with van der Waals surface area (Å²) in [6.45, 7) is 0. The molecule has 6 nitrogen and oxygen atoms in total. The summed E-state index contributed by atoms with van der Waals surface area (Å²) in [7, 11) is 4.21.